The van der Waals surface area contributed by atoms with Crippen LogP contribution in [0.15, 0.2) is 65.2 Å². The number of nitrogens with one attached hydrogen (secondary N) is 2. The molecule has 6 heteroatoms. The van der Waals surface area contributed by atoms with Crippen LogP contribution in [-0.4, -0.2) is 14.3 Å². The topological polar surface area (TPSA) is 75.3 Å². The largest absolute Gasteiger partial charge is 0.326 e. The molecule has 0 fully saturated rings. The first-order valence-electron chi connectivity index (χ1n) is 7.17. The van der Waals surface area contributed by atoms with Gasteiger partial charge >= 0.3 is 0 Å². The van der Waals surface area contributed by atoms with E-state index in [0.717, 1.165) is 0 Å². The number of carbonyl (C=O) groups excluding carboxylic acids is 1. The Hall–Kier alpha value is -2.34. The summed E-state index contributed by atoms with van der Waals surface area (Å²) in [4.78, 5) is 11.1. The van der Waals surface area contributed by atoms with Gasteiger partial charge in [0.05, 0.1) is 4.90 Å². The van der Waals surface area contributed by atoms with Crippen molar-refractivity contribution in [3.05, 3.63) is 60.3 Å². The lowest BCUT2D eigenvalue weighted by Gasteiger charge is -2.13. The molecule has 122 valence electrons. The molecule has 0 heterocycles. The van der Waals surface area contributed by atoms with E-state index in [9.17, 15) is 13.2 Å². The van der Waals surface area contributed by atoms with Gasteiger partial charge in [0.1, 0.15) is 0 Å². The van der Waals surface area contributed by atoms with E-state index in [4.69, 9.17) is 0 Å². The van der Waals surface area contributed by atoms with Gasteiger partial charge in [-0.25, -0.2) is 8.42 Å². The van der Waals surface area contributed by atoms with E-state index in [1.165, 1.54) is 19.1 Å². The number of rotatable bonds is 4. The average Bonchev–Trinajstić information content (AvgIpc) is 2.60. The van der Waals surface area contributed by atoms with Gasteiger partial charge in [-0.05, 0) is 36.4 Å². The van der Waals surface area contributed by atoms with Gasteiger partial charge in [0.15, 0.2) is 0 Å². The summed E-state index contributed by atoms with van der Waals surface area (Å²) in [7, 11) is -3.67. The Morgan fingerprint density at radius 2 is 1.74 bits per heavy atom. The minimum Gasteiger partial charge on any atom is -0.326 e. The zero-order valence-electron chi connectivity index (χ0n) is 13.3. The predicted octanol–water partition coefficient (Wildman–Crippen LogP) is 2.96. The van der Waals surface area contributed by atoms with Crippen LogP contribution in [0.25, 0.3) is 0 Å². The van der Waals surface area contributed by atoms with Crippen molar-refractivity contribution in [2.75, 3.05) is 5.32 Å². The lowest BCUT2D eigenvalue weighted by Crippen LogP contribution is -2.22. The molecule has 23 heavy (non-hydrogen) atoms. The van der Waals surface area contributed by atoms with Crippen LogP contribution in [0, 0.1) is 5.41 Å². The third-order valence-electron chi connectivity index (χ3n) is 3.23. The minimum absolute atomic E-state index is 0.121. The second kappa shape index (κ2) is 6.42. The molecule has 0 aliphatic heterocycles. The predicted molar refractivity (Wildman–Crippen MR) is 91.2 cm³/mol. The van der Waals surface area contributed by atoms with Gasteiger partial charge in [-0.1, -0.05) is 32.1 Å². The summed E-state index contributed by atoms with van der Waals surface area (Å²) in [6, 6.07) is 6.01. The van der Waals surface area contributed by atoms with Crippen LogP contribution in [0.5, 0.6) is 0 Å². The van der Waals surface area contributed by atoms with Crippen LogP contribution >= 0.6 is 0 Å². The minimum atomic E-state index is -3.67. The van der Waals surface area contributed by atoms with Crippen LogP contribution in [-0.2, 0) is 14.8 Å². The van der Waals surface area contributed by atoms with E-state index >= 15 is 0 Å². The fourth-order valence-electron chi connectivity index (χ4n) is 2.02. The normalized spacial score (nSPS) is 16.4. The number of anilines is 1. The molecule has 2 rings (SSSR count). The van der Waals surface area contributed by atoms with E-state index < -0.39 is 10.0 Å². The highest BCUT2D eigenvalue weighted by atomic mass is 32.2. The molecule has 5 nitrogen and oxygen atoms in total. The average molecular weight is 332 g/mol. The van der Waals surface area contributed by atoms with E-state index in [1.54, 1.807) is 24.3 Å². The Bertz CT molecular complexity index is 786. The van der Waals surface area contributed by atoms with Gasteiger partial charge in [0.25, 0.3) is 10.0 Å². The molecule has 1 aromatic carbocycles. The highest BCUT2D eigenvalue weighted by Crippen LogP contribution is 2.23. The second-order valence-corrected chi connectivity index (χ2v) is 7.63. The van der Waals surface area contributed by atoms with Crippen molar-refractivity contribution in [1.29, 1.82) is 0 Å². The molecule has 0 saturated carbocycles. The Labute approximate surface area is 136 Å². The summed E-state index contributed by atoms with van der Waals surface area (Å²) in [5, 5.41) is 2.60. The number of hydrogen-bond acceptors (Lipinski definition) is 3. The Morgan fingerprint density at radius 3 is 2.35 bits per heavy atom. The van der Waals surface area contributed by atoms with Crippen LogP contribution in [0.4, 0.5) is 5.69 Å². The van der Waals surface area contributed by atoms with Crippen molar-refractivity contribution in [1.82, 2.24) is 4.72 Å². The fraction of sp³-hybridized carbons (Fsp3) is 0.235. The molecule has 1 aliphatic rings. The summed E-state index contributed by atoms with van der Waals surface area (Å²) < 4.78 is 27.4. The molecule has 1 aliphatic carbocycles. The molecule has 1 amide bonds. The molecule has 0 aromatic heterocycles. The maximum atomic E-state index is 12.4. The van der Waals surface area contributed by atoms with Gasteiger partial charge in [-0.15, -0.1) is 0 Å². The maximum absolute atomic E-state index is 12.4. The lowest BCUT2D eigenvalue weighted by atomic mass is 9.93. The van der Waals surface area contributed by atoms with Crippen molar-refractivity contribution in [2.24, 2.45) is 5.41 Å². The number of sulfonamides is 1. The Balaban J connectivity index is 2.18. The number of amides is 1. The molecule has 2 N–H and O–H groups in total. The van der Waals surface area contributed by atoms with Gasteiger partial charge in [-0.3, -0.25) is 9.52 Å². The van der Waals surface area contributed by atoms with Crippen LogP contribution < -0.4 is 10.0 Å². The van der Waals surface area contributed by atoms with Gasteiger partial charge in [0.2, 0.25) is 5.91 Å². The van der Waals surface area contributed by atoms with E-state index in [1.807, 2.05) is 32.1 Å². The first-order valence-corrected chi connectivity index (χ1v) is 8.65. The van der Waals surface area contributed by atoms with Crippen LogP contribution in [0.3, 0.4) is 0 Å². The highest BCUT2D eigenvalue weighted by molar-refractivity contribution is 7.89. The molecular formula is C17H20N2O3S. The summed E-state index contributed by atoms with van der Waals surface area (Å²) in [5.41, 5.74) is 0.927. The number of hydrogen-bond donors (Lipinski definition) is 2. The van der Waals surface area contributed by atoms with Crippen molar-refractivity contribution in [3.8, 4) is 0 Å². The van der Waals surface area contributed by atoms with Crippen LogP contribution in [0.2, 0.25) is 0 Å². The smallest absolute Gasteiger partial charge is 0.261 e. The fourth-order valence-corrected chi connectivity index (χ4v) is 3.08. The number of allylic oxidation sites excluding steroid dienone is 5. The number of benzene rings is 1. The molecule has 0 atom stereocenters. The second-order valence-electron chi connectivity index (χ2n) is 5.95. The quantitative estimate of drug-likeness (QED) is 0.890. The monoisotopic (exact) mass is 332 g/mol. The van der Waals surface area contributed by atoms with Crippen molar-refractivity contribution < 1.29 is 13.2 Å². The SMILES string of the molecule is CC(=O)Nc1ccc(S(=O)(=O)NC2=CC=CC(C)(C)C=C2)cc1. The third kappa shape index (κ3) is 4.82. The number of carbonyl (C=O) groups is 1. The molecule has 0 spiro atoms. The Kier molecular flexibility index (Phi) is 4.75. The molecular weight excluding hydrogens is 312 g/mol. The Morgan fingerprint density at radius 1 is 1.09 bits per heavy atom. The zero-order valence-corrected chi connectivity index (χ0v) is 14.1. The molecule has 0 unspecified atom stereocenters. The highest BCUT2D eigenvalue weighted by Gasteiger charge is 2.16. The van der Waals surface area contributed by atoms with E-state index in [-0.39, 0.29) is 16.2 Å². The van der Waals surface area contributed by atoms with Gasteiger partial charge in [0, 0.05) is 23.7 Å². The third-order valence-corrected chi connectivity index (χ3v) is 4.63. The van der Waals surface area contributed by atoms with E-state index in [0.29, 0.717) is 11.4 Å². The summed E-state index contributed by atoms with van der Waals surface area (Å²) in [6.07, 6.45) is 9.23. The molecule has 0 radical (unpaired) electrons. The first-order chi connectivity index (χ1) is 10.7. The lowest BCUT2D eigenvalue weighted by molar-refractivity contribution is -0.114. The maximum Gasteiger partial charge on any atom is 0.261 e. The van der Waals surface area contributed by atoms with Gasteiger partial charge < -0.3 is 5.32 Å². The van der Waals surface area contributed by atoms with E-state index in [2.05, 4.69) is 10.0 Å². The van der Waals surface area contributed by atoms with Crippen molar-refractivity contribution in [2.45, 2.75) is 25.7 Å². The summed E-state index contributed by atoms with van der Waals surface area (Å²) >= 11 is 0. The summed E-state index contributed by atoms with van der Waals surface area (Å²) in [5.74, 6) is -0.207. The zero-order chi connectivity index (χ0) is 17.1. The standard InChI is InChI=1S/C17H20N2O3S/c1-13(20)18-14-6-8-16(9-7-14)23(21,22)19-15-5-4-11-17(2,3)12-10-15/h4-12,19H,1-3H3,(H,18,20). The van der Waals surface area contributed by atoms with Crippen LogP contribution in [0.1, 0.15) is 20.8 Å². The van der Waals surface area contributed by atoms with Crippen molar-refractivity contribution in [3.63, 3.8) is 0 Å². The van der Waals surface area contributed by atoms with Crippen molar-refractivity contribution >= 4 is 21.6 Å². The van der Waals surface area contributed by atoms with Gasteiger partial charge in [-0.2, -0.15) is 0 Å². The summed E-state index contributed by atoms with van der Waals surface area (Å²) in [6.45, 7) is 5.46. The molecule has 1 aromatic rings. The molecule has 0 bridgehead atoms. The molecule has 0 saturated heterocycles. The first kappa shape index (κ1) is 17.0.